The van der Waals surface area contributed by atoms with Crippen LogP contribution in [-0.4, -0.2) is 13.6 Å². The Balaban J connectivity index is 2.12. The fourth-order valence-electron chi connectivity index (χ4n) is 1.98. The zero-order valence-corrected chi connectivity index (χ0v) is 11.1. The summed E-state index contributed by atoms with van der Waals surface area (Å²) in [6.07, 6.45) is 0.735. The minimum atomic E-state index is -1.09. The van der Waals surface area contributed by atoms with Crippen LogP contribution in [0.5, 0.6) is 0 Å². The predicted molar refractivity (Wildman–Crippen MR) is 74.5 cm³/mol. The van der Waals surface area contributed by atoms with Gasteiger partial charge in [0.25, 0.3) is 0 Å². The van der Waals surface area contributed by atoms with Crippen LogP contribution in [0, 0.1) is 23.0 Å². The Hall–Kier alpha value is -2.41. The summed E-state index contributed by atoms with van der Waals surface area (Å²) in [5.74, 6) is -2.06. The molecule has 102 valence electrons. The molecule has 0 bridgehead atoms. The van der Waals surface area contributed by atoms with E-state index in [9.17, 15) is 8.78 Å². The van der Waals surface area contributed by atoms with Crippen LogP contribution in [0.2, 0.25) is 0 Å². The molecule has 0 aromatic heterocycles. The van der Waals surface area contributed by atoms with Crippen molar-refractivity contribution < 1.29 is 8.78 Å². The van der Waals surface area contributed by atoms with E-state index in [0.29, 0.717) is 6.54 Å². The van der Waals surface area contributed by atoms with E-state index in [2.05, 4.69) is 0 Å². The first-order valence-electron chi connectivity index (χ1n) is 6.26. The Morgan fingerprint density at radius 1 is 1.05 bits per heavy atom. The van der Waals surface area contributed by atoms with Gasteiger partial charge in [-0.1, -0.05) is 30.3 Å². The fraction of sp³-hybridized carbons (Fsp3) is 0.188. The Kier molecular flexibility index (Phi) is 4.31. The normalized spacial score (nSPS) is 10.1. The van der Waals surface area contributed by atoms with Crippen LogP contribution in [0.15, 0.2) is 42.5 Å². The molecule has 2 aromatic carbocycles. The van der Waals surface area contributed by atoms with Crippen molar-refractivity contribution in [3.63, 3.8) is 0 Å². The van der Waals surface area contributed by atoms with Gasteiger partial charge in [0.15, 0.2) is 11.6 Å². The van der Waals surface area contributed by atoms with Crippen LogP contribution in [0.25, 0.3) is 0 Å². The SMILES string of the molecule is CN(CCc1ccccc1)c1ccc(C#N)c(F)c1F. The third kappa shape index (κ3) is 2.94. The highest BCUT2D eigenvalue weighted by molar-refractivity contribution is 5.51. The molecule has 0 amide bonds. The van der Waals surface area contributed by atoms with E-state index in [1.165, 1.54) is 12.1 Å². The van der Waals surface area contributed by atoms with Gasteiger partial charge in [0, 0.05) is 13.6 Å². The van der Waals surface area contributed by atoms with E-state index in [1.807, 2.05) is 30.3 Å². The molecule has 0 unspecified atom stereocenters. The largest absolute Gasteiger partial charge is 0.372 e. The zero-order chi connectivity index (χ0) is 14.5. The third-order valence-corrected chi connectivity index (χ3v) is 3.17. The predicted octanol–water partition coefficient (Wildman–Crippen LogP) is 3.52. The number of halogens is 2. The first kappa shape index (κ1) is 14.0. The quantitative estimate of drug-likeness (QED) is 0.851. The summed E-state index contributed by atoms with van der Waals surface area (Å²) >= 11 is 0. The lowest BCUT2D eigenvalue weighted by atomic mass is 10.1. The second kappa shape index (κ2) is 6.16. The first-order chi connectivity index (χ1) is 9.63. The molecular formula is C16H14F2N2. The Morgan fingerprint density at radius 3 is 2.40 bits per heavy atom. The van der Waals surface area contributed by atoms with Gasteiger partial charge in [-0.3, -0.25) is 0 Å². The maximum Gasteiger partial charge on any atom is 0.183 e. The van der Waals surface area contributed by atoms with Crippen molar-refractivity contribution in [3.8, 4) is 6.07 Å². The minimum absolute atomic E-state index is 0.164. The molecule has 2 rings (SSSR count). The minimum Gasteiger partial charge on any atom is -0.372 e. The molecule has 0 fully saturated rings. The standard InChI is InChI=1S/C16H14F2N2/c1-20(10-9-12-5-3-2-4-6-12)14-8-7-13(11-19)15(17)16(14)18/h2-8H,9-10H2,1H3. The van der Waals surface area contributed by atoms with Crippen LogP contribution < -0.4 is 4.90 Å². The molecular weight excluding hydrogens is 258 g/mol. The van der Waals surface area contributed by atoms with Crippen LogP contribution in [0.1, 0.15) is 11.1 Å². The molecule has 2 nitrogen and oxygen atoms in total. The van der Waals surface area contributed by atoms with Crippen molar-refractivity contribution in [3.05, 3.63) is 65.2 Å². The molecule has 0 aliphatic carbocycles. The highest BCUT2D eigenvalue weighted by atomic mass is 19.2. The Labute approximate surface area is 116 Å². The summed E-state index contributed by atoms with van der Waals surface area (Å²) in [5.41, 5.74) is 1.02. The van der Waals surface area contributed by atoms with Crippen LogP contribution in [0.3, 0.4) is 0 Å². The Bertz CT molecular complexity index is 633. The molecule has 0 atom stereocenters. The lowest BCUT2D eigenvalue weighted by molar-refractivity contribution is 0.505. The highest BCUT2D eigenvalue weighted by Crippen LogP contribution is 2.23. The van der Waals surface area contributed by atoms with Gasteiger partial charge in [0.1, 0.15) is 6.07 Å². The third-order valence-electron chi connectivity index (χ3n) is 3.17. The van der Waals surface area contributed by atoms with Crippen molar-refractivity contribution >= 4 is 5.69 Å². The molecule has 0 aliphatic heterocycles. The molecule has 0 aliphatic rings. The number of likely N-dealkylation sites (N-methyl/N-ethyl adjacent to an activating group) is 1. The summed E-state index contributed by atoms with van der Waals surface area (Å²) < 4.78 is 27.4. The smallest absolute Gasteiger partial charge is 0.183 e. The number of hydrogen-bond acceptors (Lipinski definition) is 2. The van der Waals surface area contributed by atoms with Crippen molar-refractivity contribution in [2.45, 2.75) is 6.42 Å². The highest BCUT2D eigenvalue weighted by Gasteiger charge is 2.15. The van der Waals surface area contributed by atoms with Gasteiger partial charge in [-0.05, 0) is 24.1 Å². The van der Waals surface area contributed by atoms with Crippen molar-refractivity contribution in [2.24, 2.45) is 0 Å². The molecule has 20 heavy (non-hydrogen) atoms. The van der Waals surface area contributed by atoms with E-state index in [-0.39, 0.29) is 11.3 Å². The number of hydrogen-bond donors (Lipinski definition) is 0. The van der Waals surface area contributed by atoms with Gasteiger partial charge in [-0.15, -0.1) is 0 Å². The number of rotatable bonds is 4. The zero-order valence-electron chi connectivity index (χ0n) is 11.1. The summed E-state index contributed by atoms with van der Waals surface area (Å²) in [5, 5.41) is 8.65. The molecule has 0 N–H and O–H groups in total. The number of nitrogens with zero attached hydrogens (tertiary/aromatic N) is 2. The monoisotopic (exact) mass is 272 g/mol. The van der Waals surface area contributed by atoms with Crippen LogP contribution in [0.4, 0.5) is 14.5 Å². The molecule has 4 heteroatoms. The van der Waals surface area contributed by atoms with Gasteiger partial charge >= 0.3 is 0 Å². The fourth-order valence-corrected chi connectivity index (χ4v) is 1.98. The average molecular weight is 272 g/mol. The van der Waals surface area contributed by atoms with E-state index in [1.54, 1.807) is 18.0 Å². The number of anilines is 1. The summed E-state index contributed by atoms with van der Waals surface area (Å²) in [7, 11) is 1.70. The first-order valence-corrected chi connectivity index (χ1v) is 6.26. The summed E-state index contributed by atoms with van der Waals surface area (Å²) in [6.45, 7) is 0.562. The van der Waals surface area contributed by atoms with Crippen LogP contribution >= 0.6 is 0 Å². The lowest BCUT2D eigenvalue weighted by Gasteiger charge is -2.20. The van der Waals surface area contributed by atoms with E-state index >= 15 is 0 Å². The van der Waals surface area contributed by atoms with Crippen LogP contribution in [-0.2, 0) is 6.42 Å². The second-order valence-corrected chi connectivity index (χ2v) is 4.53. The molecule has 0 spiro atoms. The molecule has 2 aromatic rings. The van der Waals surface area contributed by atoms with Gasteiger partial charge in [-0.2, -0.15) is 5.26 Å². The summed E-state index contributed by atoms with van der Waals surface area (Å²) in [4.78, 5) is 1.65. The van der Waals surface area contributed by atoms with Gasteiger partial charge < -0.3 is 4.90 Å². The second-order valence-electron chi connectivity index (χ2n) is 4.53. The van der Waals surface area contributed by atoms with Gasteiger partial charge in [-0.25, -0.2) is 8.78 Å². The lowest BCUT2D eigenvalue weighted by Crippen LogP contribution is -2.22. The van der Waals surface area contributed by atoms with Gasteiger partial charge in [0.2, 0.25) is 0 Å². The Morgan fingerprint density at radius 2 is 1.75 bits per heavy atom. The van der Waals surface area contributed by atoms with E-state index in [0.717, 1.165) is 12.0 Å². The molecule has 0 radical (unpaired) electrons. The number of nitriles is 1. The van der Waals surface area contributed by atoms with Gasteiger partial charge in [0.05, 0.1) is 11.3 Å². The number of benzene rings is 2. The maximum absolute atomic E-state index is 13.9. The average Bonchev–Trinajstić information content (AvgIpc) is 2.48. The molecule has 0 saturated carbocycles. The topological polar surface area (TPSA) is 27.0 Å². The van der Waals surface area contributed by atoms with Crippen molar-refractivity contribution in [1.82, 2.24) is 0 Å². The maximum atomic E-state index is 13.9. The van der Waals surface area contributed by atoms with E-state index < -0.39 is 11.6 Å². The van der Waals surface area contributed by atoms with E-state index in [4.69, 9.17) is 5.26 Å². The summed E-state index contributed by atoms with van der Waals surface area (Å²) in [6, 6.07) is 14.2. The molecule has 0 saturated heterocycles. The van der Waals surface area contributed by atoms with Crippen molar-refractivity contribution in [1.29, 1.82) is 5.26 Å². The van der Waals surface area contributed by atoms with Crippen molar-refractivity contribution in [2.75, 3.05) is 18.5 Å². The molecule has 0 heterocycles.